The first-order valence-electron chi connectivity index (χ1n) is 15.3. The molecule has 12 nitrogen and oxygen atoms in total. The van der Waals surface area contributed by atoms with Crippen LogP contribution >= 0.6 is 0 Å². The molecule has 282 valence electrons. The van der Waals surface area contributed by atoms with Gasteiger partial charge >= 0.3 is 12.4 Å². The van der Waals surface area contributed by atoms with Crippen molar-refractivity contribution in [3.63, 3.8) is 0 Å². The van der Waals surface area contributed by atoms with Crippen molar-refractivity contribution >= 4 is 43.1 Å². The minimum Gasteiger partial charge on any atom is -0.323 e. The van der Waals surface area contributed by atoms with E-state index in [0.717, 1.165) is 24.3 Å². The van der Waals surface area contributed by atoms with Crippen molar-refractivity contribution in [2.24, 2.45) is 21.9 Å². The van der Waals surface area contributed by atoms with E-state index in [1.165, 1.54) is 36.4 Å². The van der Waals surface area contributed by atoms with E-state index in [1.807, 2.05) is 0 Å². The molecule has 0 spiro atoms. The average molecular weight is 793 g/mol. The van der Waals surface area contributed by atoms with Crippen molar-refractivity contribution in [2.45, 2.75) is 34.7 Å². The minimum absolute atomic E-state index is 0.205. The molecule has 0 aromatic heterocycles. The largest absolute Gasteiger partial charge is 0.416 e. The summed E-state index contributed by atoms with van der Waals surface area (Å²) in [4.78, 5) is 0. The molecular weight excluding hydrogens is 767 g/mol. The zero-order valence-electron chi connectivity index (χ0n) is 27.2. The number of hydrogen-bond acceptors (Lipinski definition) is 10. The SMILES string of the molecule is N=C1C(=NN)CC(c2ccc(-c3ccc(C4(S(=O)(=O)O)CC(=NN)C(=N)c5ccccc54)c(C(F)(F)F)c3)cc2C(F)(F)F)(S(=O)(=O)O)c2ccccc21. The lowest BCUT2D eigenvalue weighted by Gasteiger charge is -2.39. The highest BCUT2D eigenvalue weighted by atomic mass is 32.2. The van der Waals surface area contributed by atoms with Gasteiger partial charge in [-0.25, -0.2) is 0 Å². The summed E-state index contributed by atoms with van der Waals surface area (Å²) in [6.45, 7) is 0. The molecule has 2 unspecified atom stereocenters. The summed E-state index contributed by atoms with van der Waals surface area (Å²) in [5.74, 6) is 10.8. The number of rotatable bonds is 5. The second-order valence-electron chi connectivity index (χ2n) is 12.5. The lowest BCUT2D eigenvalue weighted by molar-refractivity contribution is -0.139. The summed E-state index contributed by atoms with van der Waals surface area (Å²) in [6.07, 6.45) is -12.8. The third kappa shape index (κ3) is 5.67. The predicted octanol–water partition coefficient (Wildman–Crippen LogP) is 5.83. The number of benzene rings is 4. The molecule has 0 bridgehead atoms. The van der Waals surface area contributed by atoms with Crippen molar-refractivity contribution < 1.29 is 52.3 Å². The van der Waals surface area contributed by atoms with Crippen LogP contribution in [0.1, 0.15) is 57.3 Å². The van der Waals surface area contributed by atoms with Crippen LogP contribution in [0, 0.1) is 10.8 Å². The molecule has 4 aromatic rings. The molecule has 0 saturated heterocycles. The molecule has 8 N–H and O–H groups in total. The van der Waals surface area contributed by atoms with Crippen LogP contribution in [0.2, 0.25) is 0 Å². The zero-order chi connectivity index (χ0) is 39.8. The summed E-state index contributed by atoms with van der Waals surface area (Å²) in [5.41, 5.74) is -9.56. The summed E-state index contributed by atoms with van der Waals surface area (Å²) in [5, 5.41) is 23.6. The second-order valence-corrected chi connectivity index (χ2v) is 15.8. The number of nitrogens with zero attached hydrogens (tertiary/aromatic N) is 2. The van der Waals surface area contributed by atoms with Crippen molar-refractivity contribution in [1.82, 2.24) is 0 Å². The smallest absolute Gasteiger partial charge is 0.323 e. The lowest BCUT2D eigenvalue weighted by atomic mass is 9.74. The van der Waals surface area contributed by atoms with E-state index in [4.69, 9.17) is 22.5 Å². The van der Waals surface area contributed by atoms with Gasteiger partial charge in [0.25, 0.3) is 20.2 Å². The van der Waals surface area contributed by atoms with Crippen molar-refractivity contribution in [1.29, 1.82) is 10.8 Å². The molecule has 0 fully saturated rings. The molecule has 20 heteroatoms. The molecule has 2 aliphatic carbocycles. The Labute approximate surface area is 302 Å². The quantitative estimate of drug-likeness (QED) is 0.0622. The Morgan fingerprint density at radius 2 is 0.907 bits per heavy atom. The van der Waals surface area contributed by atoms with Gasteiger partial charge in [-0.3, -0.25) is 19.9 Å². The van der Waals surface area contributed by atoms with Crippen LogP contribution in [0.25, 0.3) is 11.1 Å². The van der Waals surface area contributed by atoms with E-state index in [9.17, 15) is 25.9 Å². The van der Waals surface area contributed by atoms with Crippen LogP contribution in [-0.4, -0.2) is 48.8 Å². The maximum Gasteiger partial charge on any atom is 0.416 e. The molecule has 6 rings (SSSR count). The van der Waals surface area contributed by atoms with Crippen LogP contribution in [0.15, 0.2) is 95.1 Å². The van der Waals surface area contributed by atoms with Gasteiger partial charge in [0.1, 0.15) is 0 Å². The summed E-state index contributed by atoms with van der Waals surface area (Å²) in [7, 11) is -11.2. The highest BCUT2D eigenvalue weighted by Gasteiger charge is 2.57. The molecule has 2 aliphatic rings. The summed E-state index contributed by atoms with van der Waals surface area (Å²) < 4.78 is 159. The molecule has 4 aromatic carbocycles. The highest BCUT2D eigenvalue weighted by molar-refractivity contribution is 7.87. The number of hydrazone groups is 2. The predicted molar refractivity (Wildman–Crippen MR) is 186 cm³/mol. The molecular formula is C34H26F6N6O6S2. The van der Waals surface area contributed by atoms with Crippen LogP contribution < -0.4 is 11.7 Å². The maximum atomic E-state index is 15.0. The van der Waals surface area contributed by atoms with Gasteiger partial charge in [0, 0.05) is 24.0 Å². The number of nitrogens with two attached hydrogens (primary N) is 2. The number of alkyl halides is 6. The monoisotopic (exact) mass is 792 g/mol. The Morgan fingerprint density at radius 3 is 1.20 bits per heavy atom. The number of hydrogen-bond donors (Lipinski definition) is 6. The summed E-state index contributed by atoms with van der Waals surface area (Å²) >= 11 is 0. The fraction of sp³-hybridized carbons (Fsp3) is 0.176. The van der Waals surface area contributed by atoms with Gasteiger partial charge in [0.15, 0.2) is 9.49 Å². The second kappa shape index (κ2) is 12.6. The molecule has 0 saturated carbocycles. The first-order chi connectivity index (χ1) is 25.0. The molecule has 0 radical (unpaired) electrons. The van der Waals surface area contributed by atoms with Crippen LogP contribution in [0.5, 0.6) is 0 Å². The standard InChI is InChI=1S/C34H26F6N6O6S2/c35-33(36,37)25-13-17(9-11-23(25)31(53(47,48)49)15-27(45-43)29(41)19-5-1-3-7-21(19)31)18-10-12-24(26(14-18)34(38,39)40)32(54(50,51)52)16-28(46-44)30(42)20-6-2-4-8-22(20)32/h1-14,41-42H,15-16,43-44H2,(H,47,48,49)(H,50,51,52). The Morgan fingerprint density at radius 1 is 0.574 bits per heavy atom. The van der Waals surface area contributed by atoms with Gasteiger partial charge in [-0.2, -0.15) is 53.4 Å². The van der Waals surface area contributed by atoms with Crippen LogP contribution in [0.4, 0.5) is 26.3 Å². The molecule has 0 amide bonds. The minimum atomic E-state index is -5.58. The number of halogens is 6. The number of nitrogens with one attached hydrogen (secondary N) is 2. The van der Waals surface area contributed by atoms with Gasteiger partial charge in [-0.05, 0) is 45.5 Å². The molecule has 0 heterocycles. The van der Waals surface area contributed by atoms with E-state index in [-0.39, 0.29) is 11.1 Å². The average Bonchev–Trinajstić information content (AvgIpc) is 3.10. The first kappa shape index (κ1) is 38.3. The van der Waals surface area contributed by atoms with E-state index in [0.29, 0.717) is 24.3 Å². The third-order valence-electron chi connectivity index (χ3n) is 9.72. The van der Waals surface area contributed by atoms with E-state index in [1.54, 1.807) is 0 Å². The molecule has 54 heavy (non-hydrogen) atoms. The van der Waals surface area contributed by atoms with E-state index in [2.05, 4.69) is 10.2 Å². The highest BCUT2D eigenvalue weighted by Crippen LogP contribution is 2.52. The Hall–Kier alpha value is -5.44. The van der Waals surface area contributed by atoms with Crippen molar-refractivity contribution in [3.05, 3.63) is 129 Å². The Kier molecular flexibility index (Phi) is 8.91. The molecule has 2 atom stereocenters. The Balaban J connectivity index is 1.65. The van der Waals surface area contributed by atoms with Crippen LogP contribution in [0.3, 0.4) is 0 Å². The van der Waals surface area contributed by atoms with Crippen molar-refractivity contribution in [2.75, 3.05) is 0 Å². The van der Waals surface area contributed by atoms with E-state index >= 15 is 26.3 Å². The van der Waals surface area contributed by atoms with Gasteiger partial charge in [0.2, 0.25) is 0 Å². The Bertz CT molecular complexity index is 2400. The first-order valence-corrected chi connectivity index (χ1v) is 18.2. The van der Waals surface area contributed by atoms with Crippen molar-refractivity contribution in [3.8, 4) is 11.1 Å². The van der Waals surface area contributed by atoms with E-state index < -0.39 is 122 Å². The van der Waals surface area contributed by atoms with Gasteiger partial charge in [0.05, 0.1) is 34.0 Å². The van der Waals surface area contributed by atoms with Gasteiger partial charge < -0.3 is 11.7 Å². The van der Waals surface area contributed by atoms with Crippen LogP contribution in [-0.2, 0) is 42.1 Å². The normalized spacial score (nSPS) is 22.3. The van der Waals surface area contributed by atoms with Gasteiger partial charge in [-0.1, -0.05) is 72.8 Å². The summed E-state index contributed by atoms with van der Waals surface area (Å²) in [6, 6.07) is 13.7. The topological polar surface area (TPSA) is 233 Å². The molecule has 0 aliphatic heterocycles. The number of fused-ring (bicyclic) bond motifs is 2. The fourth-order valence-corrected chi connectivity index (χ4v) is 9.78. The third-order valence-corrected chi connectivity index (χ3v) is 12.6. The van der Waals surface area contributed by atoms with Gasteiger partial charge in [-0.15, -0.1) is 0 Å². The zero-order valence-corrected chi connectivity index (χ0v) is 28.8. The maximum absolute atomic E-state index is 15.0. The lowest BCUT2D eigenvalue weighted by Crippen LogP contribution is -2.47. The fourth-order valence-electron chi connectivity index (χ4n) is 7.32.